The van der Waals surface area contributed by atoms with Crippen molar-refractivity contribution in [3.63, 3.8) is 0 Å². The van der Waals surface area contributed by atoms with Gasteiger partial charge in [-0.1, -0.05) is 46.9 Å². The topological polar surface area (TPSA) is 101 Å². The number of rotatable bonds is 6. The minimum atomic E-state index is -3.76. The van der Waals surface area contributed by atoms with E-state index in [1.165, 1.54) is 23.1 Å². The predicted octanol–water partition coefficient (Wildman–Crippen LogP) is 3.93. The number of thioether (sulfide) groups is 1. The highest BCUT2D eigenvalue weighted by molar-refractivity contribution is 8.00. The number of carbonyl (C=O) groups excluding carboxylic acids is 1. The van der Waals surface area contributed by atoms with E-state index in [1.54, 1.807) is 49.4 Å². The minimum absolute atomic E-state index is 0.158. The molecule has 0 bridgehead atoms. The molecule has 0 radical (unpaired) electrons. The van der Waals surface area contributed by atoms with Gasteiger partial charge in [-0.25, -0.2) is 8.42 Å². The summed E-state index contributed by atoms with van der Waals surface area (Å²) in [7, 11) is -3.76. The van der Waals surface area contributed by atoms with Crippen molar-refractivity contribution >= 4 is 49.8 Å². The lowest BCUT2D eigenvalue weighted by molar-refractivity contribution is 0.102. The zero-order chi connectivity index (χ0) is 20.3. The molecule has 0 spiro atoms. The first-order valence-electron chi connectivity index (χ1n) is 8.18. The smallest absolute Gasteiger partial charge is 0.261 e. The van der Waals surface area contributed by atoms with Crippen molar-refractivity contribution in [2.24, 2.45) is 0 Å². The SMILES string of the molecule is CSc1nnc(NC(=O)c2cccc(NS(=O)(=O)c3ccc(C)cc3)c2C)s1. The molecular weight excluding hydrogens is 416 g/mol. The van der Waals surface area contributed by atoms with Crippen LogP contribution in [-0.4, -0.2) is 30.8 Å². The molecule has 28 heavy (non-hydrogen) atoms. The molecule has 0 saturated heterocycles. The molecule has 0 unspecified atom stereocenters. The van der Waals surface area contributed by atoms with Gasteiger partial charge in [0.1, 0.15) is 0 Å². The molecule has 0 saturated carbocycles. The van der Waals surface area contributed by atoms with Gasteiger partial charge in [0, 0.05) is 5.56 Å². The van der Waals surface area contributed by atoms with Crippen molar-refractivity contribution in [2.45, 2.75) is 23.1 Å². The number of hydrogen-bond acceptors (Lipinski definition) is 7. The Hall–Kier alpha value is -2.43. The van der Waals surface area contributed by atoms with E-state index in [1.807, 2.05) is 13.2 Å². The van der Waals surface area contributed by atoms with E-state index in [0.717, 1.165) is 9.90 Å². The maximum atomic E-state index is 12.6. The molecule has 0 aliphatic heterocycles. The Morgan fingerprint density at radius 2 is 1.79 bits per heavy atom. The third-order valence-electron chi connectivity index (χ3n) is 3.96. The van der Waals surface area contributed by atoms with Crippen molar-refractivity contribution in [3.8, 4) is 0 Å². The van der Waals surface area contributed by atoms with E-state index in [0.29, 0.717) is 21.9 Å². The van der Waals surface area contributed by atoms with E-state index in [2.05, 4.69) is 20.2 Å². The summed E-state index contributed by atoms with van der Waals surface area (Å²) < 4.78 is 28.6. The van der Waals surface area contributed by atoms with Gasteiger partial charge in [-0.3, -0.25) is 14.8 Å². The van der Waals surface area contributed by atoms with E-state index in [-0.39, 0.29) is 10.8 Å². The Morgan fingerprint density at radius 3 is 2.43 bits per heavy atom. The van der Waals surface area contributed by atoms with Crippen LogP contribution in [0.25, 0.3) is 0 Å². The van der Waals surface area contributed by atoms with Crippen molar-refractivity contribution in [1.82, 2.24) is 10.2 Å². The predicted molar refractivity (Wildman–Crippen MR) is 113 cm³/mol. The molecule has 0 aliphatic rings. The first-order chi connectivity index (χ1) is 13.3. The minimum Gasteiger partial charge on any atom is -0.296 e. The van der Waals surface area contributed by atoms with Gasteiger partial charge in [-0.2, -0.15) is 0 Å². The molecule has 7 nitrogen and oxygen atoms in total. The fourth-order valence-corrected chi connectivity index (χ4v) is 4.71. The molecule has 1 amide bonds. The Balaban J connectivity index is 1.84. The second-order valence-corrected chi connectivity index (χ2v) is 9.64. The van der Waals surface area contributed by atoms with Crippen LogP contribution in [-0.2, 0) is 10.0 Å². The number of amides is 1. The fourth-order valence-electron chi connectivity index (χ4n) is 2.42. The summed E-state index contributed by atoms with van der Waals surface area (Å²) in [5, 5.41) is 10.9. The molecule has 2 N–H and O–H groups in total. The number of hydrogen-bond donors (Lipinski definition) is 2. The lowest BCUT2D eigenvalue weighted by Gasteiger charge is -2.13. The zero-order valence-electron chi connectivity index (χ0n) is 15.4. The lowest BCUT2D eigenvalue weighted by Crippen LogP contribution is -2.17. The third kappa shape index (κ3) is 4.51. The van der Waals surface area contributed by atoms with Gasteiger partial charge in [0.25, 0.3) is 15.9 Å². The van der Waals surface area contributed by atoms with Crippen molar-refractivity contribution < 1.29 is 13.2 Å². The van der Waals surface area contributed by atoms with E-state index < -0.39 is 10.0 Å². The number of nitrogens with one attached hydrogen (secondary N) is 2. The first kappa shape index (κ1) is 20.3. The summed E-state index contributed by atoms with van der Waals surface area (Å²) in [6.07, 6.45) is 1.87. The van der Waals surface area contributed by atoms with Gasteiger partial charge in [0.15, 0.2) is 4.34 Å². The van der Waals surface area contributed by atoms with E-state index >= 15 is 0 Å². The summed E-state index contributed by atoms with van der Waals surface area (Å²) in [4.78, 5) is 12.8. The first-order valence-corrected chi connectivity index (χ1v) is 11.7. The molecule has 10 heteroatoms. The number of carbonyl (C=O) groups is 1. The highest BCUT2D eigenvalue weighted by atomic mass is 32.2. The normalized spacial score (nSPS) is 11.2. The van der Waals surface area contributed by atoms with Gasteiger partial charge < -0.3 is 0 Å². The van der Waals surface area contributed by atoms with Gasteiger partial charge in [-0.15, -0.1) is 10.2 Å². The average Bonchev–Trinajstić information content (AvgIpc) is 3.11. The van der Waals surface area contributed by atoms with Crippen LogP contribution in [0.1, 0.15) is 21.5 Å². The van der Waals surface area contributed by atoms with Crippen molar-refractivity contribution in [2.75, 3.05) is 16.3 Å². The van der Waals surface area contributed by atoms with E-state index in [9.17, 15) is 13.2 Å². The molecule has 0 atom stereocenters. The molecular formula is C18H18N4O3S3. The zero-order valence-corrected chi connectivity index (χ0v) is 17.8. The Morgan fingerprint density at radius 1 is 1.07 bits per heavy atom. The Kier molecular flexibility index (Phi) is 6.01. The number of sulfonamides is 1. The highest BCUT2D eigenvalue weighted by Gasteiger charge is 2.18. The second kappa shape index (κ2) is 8.29. The molecule has 2 aromatic carbocycles. The largest absolute Gasteiger partial charge is 0.296 e. The molecule has 3 aromatic rings. The standard InChI is InChI=1S/C18H18N4O3S3/c1-11-7-9-13(10-8-11)28(24,25)22-15-6-4-5-14(12(15)2)16(23)19-17-20-21-18(26-3)27-17/h4-10,22H,1-3H3,(H,19,20,23). The van der Waals surface area contributed by atoms with Gasteiger partial charge in [0.05, 0.1) is 10.6 Å². The van der Waals surface area contributed by atoms with Crippen LogP contribution >= 0.6 is 23.1 Å². The van der Waals surface area contributed by atoms with Crippen LogP contribution in [0.2, 0.25) is 0 Å². The molecule has 1 aromatic heterocycles. The molecule has 1 heterocycles. The summed E-state index contributed by atoms with van der Waals surface area (Å²) in [6.45, 7) is 3.57. The van der Waals surface area contributed by atoms with E-state index in [4.69, 9.17) is 0 Å². The van der Waals surface area contributed by atoms with Crippen LogP contribution in [0.15, 0.2) is 51.7 Å². The van der Waals surface area contributed by atoms with Gasteiger partial charge >= 0.3 is 0 Å². The van der Waals surface area contributed by atoms with Gasteiger partial charge in [0.2, 0.25) is 5.13 Å². The Bertz CT molecular complexity index is 1110. The number of aromatic nitrogens is 2. The maximum Gasteiger partial charge on any atom is 0.261 e. The summed E-state index contributed by atoms with van der Waals surface area (Å²) in [5.41, 5.74) is 2.18. The quantitative estimate of drug-likeness (QED) is 0.450. The molecule has 146 valence electrons. The second-order valence-electron chi connectivity index (χ2n) is 5.93. The summed E-state index contributed by atoms with van der Waals surface area (Å²) >= 11 is 2.71. The van der Waals surface area contributed by atoms with Crippen LogP contribution < -0.4 is 10.0 Å². The summed E-state index contributed by atoms with van der Waals surface area (Å²) in [5.74, 6) is -0.377. The number of nitrogens with zero attached hydrogens (tertiary/aromatic N) is 2. The molecule has 3 rings (SSSR count). The summed E-state index contributed by atoms with van der Waals surface area (Å²) in [6, 6.07) is 11.4. The third-order valence-corrected chi connectivity index (χ3v) is 7.15. The molecule has 0 aliphatic carbocycles. The van der Waals surface area contributed by atoms with Gasteiger partial charge in [-0.05, 0) is 49.9 Å². The highest BCUT2D eigenvalue weighted by Crippen LogP contribution is 2.26. The number of aryl methyl sites for hydroxylation is 1. The van der Waals surface area contributed by atoms with Crippen molar-refractivity contribution in [3.05, 3.63) is 59.2 Å². The van der Waals surface area contributed by atoms with Crippen LogP contribution in [0.5, 0.6) is 0 Å². The lowest BCUT2D eigenvalue weighted by atomic mass is 10.1. The van der Waals surface area contributed by atoms with Crippen molar-refractivity contribution in [1.29, 1.82) is 0 Å². The average molecular weight is 435 g/mol. The maximum absolute atomic E-state index is 12.6. The molecule has 0 fully saturated rings. The Labute approximate surface area is 171 Å². The number of anilines is 2. The van der Waals surface area contributed by atoms with Crippen LogP contribution in [0.4, 0.5) is 10.8 Å². The monoisotopic (exact) mass is 434 g/mol. The van der Waals surface area contributed by atoms with Crippen LogP contribution in [0.3, 0.4) is 0 Å². The van der Waals surface area contributed by atoms with Crippen LogP contribution in [0, 0.1) is 13.8 Å². The number of benzene rings is 2. The fraction of sp³-hybridized carbons (Fsp3) is 0.167.